The normalized spacial score (nSPS) is 10.4. The van der Waals surface area contributed by atoms with Crippen molar-refractivity contribution in [3.8, 4) is 11.3 Å². The molecule has 0 aliphatic carbocycles. The van der Waals surface area contributed by atoms with Crippen LogP contribution in [0, 0.1) is 5.82 Å². The average molecular weight is 219 g/mol. The number of carbonyl (C=O) groups excluding carboxylic acids is 1. The van der Waals surface area contributed by atoms with Crippen molar-refractivity contribution in [3.05, 3.63) is 41.8 Å². The predicted octanol–water partition coefficient (Wildman–Crippen LogP) is 1.33. The van der Waals surface area contributed by atoms with Gasteiger partial charge < -0.3 is 5.73 Å². The van der Waals surface area contributed by atoms with Crippen LogP contribution in [-0.2, 0) is 7.05 Å². The van der Waals surface area contributed by atoms with Crippen LogP contribution in [0.5, 0.6) is 0 Å². The van der Waals surface area contributed by atoms with E-state index in [0.29, 0.717) is 16.8 Å². The number of primary amides is 1. The van der Waals surface area contributed by atoms with Gasteiger partial charge in [0.25, 0.3) is 5.91 Å². The Kier molecular flexibility index (Phi) is 2.44. The van der Waals surface area contributed by atoms with Gasteiger partial charge in [0.2, 0.25) is 0 Å². The van der Waals surface area contributed by atoms with Crippen LogP contribution in [0.3, 0.4) is 0 Å². The Hall–Kier alpha value is -2.17. The molecule has 0 aliphatic rings. The summed E-state index contributed by atoms with van der Waals surface area (Å²) in [4.78, 5) is 11.2. The first-order valence-corrected chi connectivity index (χ1v) is 4.67. The van der Waals surface area contributed by atoms with Crippen LogP contribution in [0.25, 0.3) is 11.3 Å². The standard InChI is InChI=1S/C11H10FN3O/c1-15-10(9(6-14-15)11(13)16)7-2-4-8(12)5-3-7/h2-6H,1H3,(H2,13,16). The van der Waals surface area contributed by atoms with Gasteiger partial charge in [-0.1, -0.05) is 0 Å². The third-order valence-electron chi connectivity index (χ3n) is 2.32. The molecule has 82 valence electrons. The van der Waals surface area contributed by atoms with Crippen LogP contribution < -0.4 is 5.73 Å². The maximum Gasteiger partial charge on any atom is 0.252 e. The SMILES string of the molecule is Cn1ncc(C(N)=O)c1-c1ccc(F)cc1. The molecule has 5 heteroatoms. The minimum Gasteiger partial charge on any atom is -0.365 e. The quantitative estimate of drug-likeness (QED) is 0.828. The van der Waals surface area contributed by atoms with Crippen LogP contribution in [0.2, 0.25) is 0 Å². The van der Waals surface area contributed by atoms with E-state index in [-0.39, 0.29) is 5.82 Å². The van der Waals surface area contributed by atoms with Gasteiger partial charge in [-0.05, 0) is 24.3 Å². The predicted molar refractivity (Wildman–Crippen MR) is 57.1 cm³/mol. The maximum atomic E-state index is 12.8. The van der Waals surface area contributed by atoms with E-state index < -0.39 is 5.91 Å². The number of halogens is 1. The van der Waals surface area contributed by atoms with Gasteiger partial charge in [0.05, 0.1) is 17.5 Å². The Morgan fingerprint density at radius 2 is 2.00 bits per heavy atom. The maximum absolute atomic E-state index is 12.8. The number of carbonyl (C=O) groups is 1. The zero-order valence-corrected chi connectivity index (χ0v) is 8.64. The molecule has 1 heterocycles. The molecule has 1 aromatic heterocycles. The molecule has 0 spiro atoms. The van der Waals surface area contributed by atoms with Crippen molar-refractivity contribution < 1.29 is 9.18 Å². The summed E-state index contributed by atoms with van der Waals surface area (Å²) in [5.74, 6) is -0.876. The first-order chi connectivity index (χ1) is 7.59. The summed E-state index contributed by atoms with van der Waals surface area (Å²) in [6.45, 7) is 0. The molecular weight excluding hydrogens is 209 g/mol. The Morgan fingerprint density at radius 1 is 1.38 bits per heavy atom. The third kappa shape index (κ3) is 1.67. The highest BCUT2D eigenvalue weighted by Crippen LogP contribution is 2.22. The molecule has 0 saturated heterocycles. The molecule has 0 saturated carbocycles. The van der Waals surface area contributed by atoms with Crippen molar-refractivity contribution >= 4 is 5.91 Å². The molecule has 0 aliphatic heterocycles. The van der Waals surface area contributed by atoms with Crippen LogP contribution in [-0.4, -0.2) is 15.7 Å². The van der Waals surface area contributed by atoms with Crippen molar-refractivity contribution in [1.29, 1.82) is 0 Å². The molecule has 1 amide bonds. The third-order valence-corrected chi connectivity index (χ3v) is 2.32. The number of aromatic nitrogens is 2. The summed E-state index contributed by atoms with van der Waals surface area (Å²) >= 11 is 0. The molecule has 0 radical (unpaired) electrons. The molecule has 16 heavy (non-hydrogen) atoms. The van der Waals surface area contributed by atoms with E-state index in [1.54, 1.807) is 19.2 Å². The Balaban J connectivity index is 2.58. The molecule has 1 aromatic carbocycles. The summed E-state index contributed by atoms with van der Waals surface area (Å²) in [6.07, 6.45) is 1.40. The zero-order valence-electron chi connectivity index (χ0n) is 8.64. The van der Waals surface area contributed by atoms with Gasteiger partial charge in [-0.25, -0.2) is 4.39 Å². The molecule has 2 rings (SSSR count). The highest BCUT2D eigenvalue weighted by atomic mass is 19.1. The van der Waals surface area contributed by atoms with Gasteiger partial charge in [0, 0.05) is 12.6 Å². The fourth-order valence-corrected chi connectivity index (χ4v) is 1.57. The fourth-order valence-electron chi connectivity index (χ4n) is 1.57. The monoisotopic (exact) mass is 219 g/mol. The second-order valence-corrected chi connectivity index (χ2v) is 3.40. The summed E-state index contributed by atoms with van der Waals surface area (Å²) in [5, 5.41) is 3.96. The zero-order chi connectivity index (χ0) is 11.7. The minimum atomic E-state index is -0.549. The summed E-state index contributed by atoms with van der Waals surface area (Å²) in [6, 6.07) is 5.82. The van der Waals surface area contributed by atoms with Crippen LogP contribution in [0.4, 0.5) is 4.39 Å². The van der Waals surface area contributed by atoms with E-state index in [2.05, 4.69) is 5.10 Å². The lowest BCUT2D eigenvalue weighted by molar-refractivity contribution is 0.100. The smallest absolute Gasteiger partial charge is 0.252 e. The van der Waals surface area contributed by atoms with E-state index in [1.165, 1.54) is 23.0 Å². The lowest BCUT2D eigenvalue weighted by Gasteiger charge is -2.04. The van der Waals surface area contributed by atoms with Gasteiger partial charge in [0.15, 0.2) is 0 Å². The van der Waals surface area contributed by atoms with Crippen molar-refractivity contribution in [2.75, 3.05) is 0 Å². The van der Waals surface area contributed by atoms with Crippen molar-refractivity contribution in [2.45, 2.75) is 0 Å². The van der Waals surface area contributed by atoms with E-state index in [9.17, 15) is 9.18 Å². The van der Waals surface area contributed by atoms with Gasteiger partial charge in [-0.2, -0.15) is 5.10 Å². The van der Waals surface area contributed by atoms with Gasteiger partial charge in [-0.15, -0.1) is 0 Å². The van der Waals surface area contributed by atoms with Crippen LogP contribution >= 0.6 is 0 Å². The number of nitrogens with zero attached hydrogens (tertiary/aromatic N) is 2. The summed E-state index contributed by atoms with van der Waals surface area (Å²) in [7, 11) is 1.70. The molecule has 0 unspecified atom stereocenters. The Morgan fingerprint density at radius 3 is 2.56 bits per heavy atom. The molecular formula is C11H10FN3O. The van der Waals surface area contributed by atoms with E-state index in [4.69, 9.17) is 5.73 Å². The van der Waals surface area contributed by atoms with Crippen LogP contribution in [0.1, 0.15) is 10.4 Å². The Labute approximate surface area is 91.5 Å². The van der Waals surface area contributed by atoms with Gasteiger partial charge in [0.1, 0.15) is 5.82 Å². The lowest BCUT2D eigenvalue weighted by Crippen LogP contribution is -2.11. The Bertz CT molecular complexity index is 531. The van der Waals surface area contributed by atoms with Crippen molar-refractivity contribution in [3.63, 3.8) is 0 Å². The fraction of sp³-hybridized carbons (Fsp3) is 0.0909. The van der Waals surface area contributed by atoms with Crippen molar-refractivity contribution in [1.82, 2.24) is 9.78 Å². The molecule has 2 N–H and O–H groups in total. The molecule has 2 aromatic rings. The largest absolute Gasteiger partial charge is 0.365 e. The minimum absolute atomic E-state index is 0.327. The number of hydrogen-bond acceptors (Lipinski definition) is 2. The summed E-state index contributed by atoms with van der Waals surface area (Å²) < 4.78 is 14.3. The number of benzene rings is 1. The topological polar surface area (TPSA) is 60.9 Å². The molecule has 0 atom stereocenters. The first kappa shape index (κ1) is 10.4. The number of aryl methyl sites for hydroxylation is 1. The van der Waals surface area contributed by atoms with Gasteiger partial charge in [-0.3, -0.25) is 9.48 Å². The average Bonchev–Trinajstić information content (AvgIpc) is 2.62. The number of rotatable bonds is 2. The highest BCUT2D eigenvalue weighted by Gasteiger charge is 2.14. The highest BCUT2D eigenvalue weighted by molar-refractivity contribution is 5.98. The van der Waals surface area contributed by atoms with Crippen LogP contribution in [0.15, 0.2) is 30.5 Å². The first-order valence-electron chi connectivity index (χ1n) is 4.67. The molecule has 0 fully saturated rings. The van der Waals surface area contributed by atoms with Gasteiger partial charge >= 0.3 is 0 Å². The number of amides is 1. The second-order valence-electron chi connectivity index (χ2n) is 3.40. The second kappa shape index (κ2) is 3.77. The van der Waals surface area contributed by atoms with E-state index in [1.807, 2.05) is 0 Å². The molecule has 0 bridgehead atoms. The van der Waals surface area contributed by atoms with E-state index >= 15 is 0 Å². The molecule has 4 nitrogen and oxygen atoms in total. The number of hydrogen-bond donors (Lipinski definition) is 1. The number of nitrogens with two attached hydrogens (primary N) is 1. The van der Waals surface area contributed by atoms with Crippen molar-refractivity contribution in [2.24, 2.45) is 12.8 Å². The van der Waals surface area contributed by atoms with E-state index in [0.717, 1.165) is 0 Å². The lowest BCUT2D eigenvalue weighted by atomic mass is 10.1. The summed E-state index contributed by atoms with van der Waals surface area (Å²) in [5.41, 5.74) is 6.85.